The molecule has 0 saturated heterocycles. The van der Waals surface area contributed by atoms with E-state index in [4.69, 9.17) is 5.73 Å². The summed E-state index contributed by atoms with van der Waals surface area (Å²) >= 11 is 1.57. The number of nitrogens with zero attached hydrogens (tertiary/aromatic N) is 1. The standard InChI is InChI=1S/C16H18N2S/c1-12-8-9-14(10-13(12)2)11-19-16(17)18-15-6-4-3-5-7-15/h3-10H,11H2,1-2H3,(H2,17,18). The molecule has 0 aliphatic rings. The fourth-order valence-electron chi connectivity index (χ4n) is 1.71. The Morgan fingerprint density at radius 2 is 1.79 bits per heavy atom. The number of rotatable bonds is 3. The third-order valence-corrected chi connectivity index (χ3v) is 3.82. The molecular weight excluding hydrogens is 252 g/mol. The maximum atomic E-state index is 5.93. The summed E-state index contributed by atoms with van der Waals surface area (Å²) < 4.78 is 0. The Bertz CT molecular complexity index is 577. The van der Waals surface area contributed by atoms with E-state index in [1.165, 1.54) is 16.7 Å². The Balaban J connectivity index is 1.98. The van der Waals surface area contributed by atoms with Crippen molar-refractivity contribution < 1.29 is 0 Å². The lowest BCUT2D eigenvalue weighted by molar-refractivity contribution is 1.29. The van der Waals surface area contributed by atoms with Crippen molar-refractivity contribution in [3.8, 4) is 0 Å². The highest BCUT2D eigenvalue weighted by atomic mass is 32.2. The van der Waals surface area contributed by atoms with Gasteiger partial charge in [0, 0.05) is 5.75 Å². The monoisotopic (exact) mass is 270 g/mol. The molecule has 0 heterocycles. The SMILES string of the molecule is Cc1ccc(CSC(N)=Nc2ccccc2)cc1C. The molecule has 0 bridgehead atoms. The molecule has 0 saturated carbocycles. The summed E-state index contributed by atoms with van der Waals surface area (Å²) in [7, 11) is 0. The molecule has 19 heavy (non-hydrogen) atoms. The molecular formula is C16H18N2S. The number of hydrogen-bond donors (Lipinski definition) is 1. The van der Waals surface area contributed by atoms with Crippen molar-refractivity contribution in [2.45, 2.75) is 19.6 Å². The van der Waals surface area contributed by atoms with E-state index in [0.29, 0.717) is 5.17 Å². The first-order valence-corrected chi connectivity index (χ1v) is 7.22. The Kier molecular flexibility index (Phi) is 4.63. The maximum Gasteiger partial charge on any atom is 0.159 e. The van der Waals surface area contributed by atoms with E-state index in [1.807, 2.05) is 30.3 Å². The van der Waals surface area contributed by atoms with Gasteiger partial charge in [0.2, 0.25) is 0 Å². The number of amidine groups is 1. The van der Waals surface area contributed by atoms with Gasteiger partial charge in [-0.05, 0) is 42.7 Å². The van der Waals surface area contributed by atoms with Crippen LogP contribution >= 0.6 is 11.8 Å². The van der Waals surface area contributed by atoms with Crippen LogP contribution in [0.2, 0.25) is 0 Å². The number of thioether (sulfide) groups is 1. The van der Waals surface area contributed by atoms with Gasteiger partial charge in [-0.1, -0.05) is 48.2 Å². The maximum absolute atomic E-state index is 5.93. The molecule has 0 radical (unpaired) electrons. The van der Waals surface area contributed by atoms with E-state index in [2.05, 4.69) is 37.0 Å². The largest absolute Gasteiger partial charge is 0.378 e. The number of para-hydroxylation sites is 1. The smallest absolute Gasteiger partial charge is 0.159 e. The predicted octanol–water partition coefficient (Wildman–Crippen LogP) is 4.18. The summed E-state index contributed by atoms with van der Waals surface area (Å²) in [6, 6.07) is 16.3. The van der Waals surface area contributed by atoms with Crippen LogP contribution in [0.4, 0.5) is 5.69 Å². The van der Waals surface area contributed by atoms with Crippen molar-refractivity contribution in [2.24, 2.45) is 10.7 Å². The first kappa shape index (κ1) is 13.7. The van der Waals surface area contributed by atoms with Gasteiger partial charge in [-0.25, -0.2) is 4.99 Å². The van der Waals surface area contributed by atoms with Crippen molar-refractivity contribution in [1.82, 2.24) is 0 Å². The molecule has 0 aliphatic heterocycles. The van der Waals surface area contributed by atoms with Gasteiger partial charge in [0.05, 0.1) is 5.69 Å². The molecule has 2 nitrogen and oxygen atoms in total. The van der Waals surface area contributed by atoms with E-state index < -0.39 is 0 Å². The van der Waals surface area contributed by atoms with Gasteiger partial charge < -0.3 is 5.73 Å². The van der Waals surface area contributed by atoms with E-state index >= 15 is 0 Å². The van der Waals surface area contributed by atoms with Gasteiger partial charge in [0.1, 0.15) is 0 Å². The lowest BCUT2D eigenvalue weighted by Gasteiger charge is -2.05. The minimum Gasteiger partial charge on any atom is -0.378 e. The van der Waals surface area contributed by atoms with Gasteiger partial charge in [0.25, 0.3) is 0 Å². The second-order valence-electron chi connectivity index (χ2n) is 4.49. The fraction of sp³-hybridized carbons (Fsp3) is 0.188. The lowest BCUT2D eigenvalue weighted by Crippen LogP contribution is -2.06. The summed E-state index contributed by atoms with van der Waals surface area (Å²) in [5.74, 6) is 0.850. The minimum atomic E-state index is 0.601. The van der Waals surface area contributed by atoms with Crippen molar-refractivity contribution in [1.29, 1.82) is 0 Å². The molecule has 0 atom stereocenters. The number of aryl methyl sites for hydroxylation is 2. The second kappa shape index (κ2) is 6.43. The summed E-state index contributed by atoms with van der Waals surface area (Å²) in [6.07, 6.45) is 0. The predicted molar refractivity (Wildman–Crippen MR) is 84.9 cm³/mol. The average Bonchev–Trinajstić information content (AvgIpc) is 2.41. The topological polar surface area (TPSA) is 38.4 Å². The molecule has 2 N–H and O–H groups in total. The van der Waals surface area contributed by atoms with Crippen molar-refractivity contribution in [3.63, 3.8) is 0 Å². The van der Waals surface area contributed by atoms with Crippen molar-refractivity contribution in [3.05, 3.63) is 65.2 Å². The highest BCUT2D eigenvalue weighted by Crippen LogP contribution is 2.18. The summed E-state index contributed by atoms with van der Waals surface area (Å²) in [5.41, 5.74) is 10.7. The third kappa shape index (κ3) is 4.14. The summed E-state index contributed by atoms with van der Waals surface area (Å²) in [6.45, 7) is 4.25. The minimum absolute atomic E-state index is 0.601. The Labute approximate surface area is 118 Å². The molecule has 2 rings (SSSR count). The first-order chi connectivity index (χ1) is 9.15. The fourth-order valence-corrected chi connectivity index (χ4v) is 2.38. The zero-order chi connectivity index (χ0) is 13.7. The van der Waals surface area contributed by atoms with E-state index in [1.54, 1.807) is 11.8 Å². The Morgan fingerprint density at radius 1 is 1.05 bits per heavy atom. The highest BCUT2D eigenvalue weighted by Gasteiger charge is 1.99. The van der Waals surface area contributed by atoms with E-state index in [0.717, 1.165) is 11.4 Å². The number of hydrogen-bond acceptors (Lipinski definition) is 2. The molecule has 0 fully saturated rings. The number of benzene rings is 2. The zero-order valence-corrected chi connectivity index (χ0v) is 12.1. The van der Waals surface area contributed by atoms with Gasteiger partial charge in [-0.2, -0.15) is 0 Å². The quantitative estimate of drug-likeness (QED) is 0.671. The van der Waals surface area contributed by atoms with Crippen LogP contribution in [0.25, 0.3) is 0 Å². The van der Waals surface area contributed by atoms with Crippen molar-refractivity contribution in [2.75, 3.05) is 0 Å². The number of aliphatic imine (C=N–C) groups is 1. The molecule has 3 heteroatoms. The van der Waals surface area contributed by atoms with Crippen LogP contribution in [0.3, 0.4) is 0 Å². The Morgan fingerprint density at radius 3 is 2.47 bits per heavy atom. The molecule has 0 amide bonds. The number of nitrogens with two attached hydrogens (primary N) is 1. The molecule has 98 valence electrons. The second-order valence-corrected chi connectivity index (χ2v) is 5.49. The van der Waals surface area contributed by atoms with Crippen LogP contribution in [0.15, 0.2) is 53.5 Å². The van der Waals surface area contributed by atoms with Gasteiger partial charge >= 0.3 is 0 Å². The highest BCUT2D eigenvalue weighted by molar-refractivity contribution is 8.13. The Hall–Kier alpha value is -1.74. The van der Waals surface area contributed by atoms with Crippen LogP contribution < -0.4 is 5.73 Å². The van der Waals surface area contributed by atoms with Gasteiger partial charge in [-0.15, -0.1) is 0 Å². The summed E-state index contributed by atoms with van der Waals surface area (Å²) in [4.78, 5) is 4.37. The summed E-state index contributed by atoms with van der Waals surface area (Å²) in [5, 5.41) is 0.601. The third-order valence-electron chi connectivity index (χ3n) is 2.95. The normalized spacial score (nSPS) is 11.6. The van der Waals surface area contributed by atoms with Crippen LogP contribution in [-0.2, 0) is 5.75 Å². The molecule has 2 aromatic carbocycles. The molecule has 0 aromatic heterocycles. The molecule has 0 unspecified atom stereocenters. The first-order valence-electron chi connectivity index (χ1n) is 6.23. The van der Waals surface area contributed by atoms with Crippen LogP contribution in [0.1, 0.15) is 16.7 Å². The van der Waals surface area contributed by atoms with Gasteiger partial charge in [0.15, 0.2) is 5.17 Å². The molecule has 2 aromatic rings. The van der Waals surface area contributed by atoms with E-state index in [-0.39, 0.29) is 0 Å². The lowest BCUT2D eigenvalue weighted by atomic mass is 10.1. The van der Waals surface area contributed by atoms with Crippen LogP contribution in [0.5, 0.6) is 0 Å². The zero-order valence-electron chi connectivity index (χ0n) is 11.3. The van der Waals surface area contributed by atoms with E-state index in [9.17, 15) is 0 Å². The molecule has 0 spiro atoms. The van der Waals surface area contributed by atoms with Crippen LogP contribution in [-0.4, -0.2) is 5.17 Å². The van der Waals surface area contributed by atoms with Gasteiger partial charge in [-0.3, -0.25) is 0 Å². The average molecular weight is 270 g/mol. The van der Waals surface area contributed by atoms with Crippen molar-refractivity contribution >= 4 is 22.6 Å². The van der Waals surface area contributed by atoms with Crippen LogP contribution in [0, 0.1) is 13.8 Å². The molecule has 0 aliphatic carbocycles.